The van der Waals surface area contributed by atoms with Crippen molar-refractivity contribution in [1.29, 1.82) is 0 Å². The van der Waals surface area contributed by atoms with E-state index in [1.54, 1.807) is 6.07 Å². The van der Waals surface area contributed by atoms with Crippen LogP contribution in [0.2, 0.25) is 0 Å². The number of amides is 1. The van der Waals surface area contributed by atoms with Crippen LogP contribution < -0.4 is 11.1 Å². The van der Waals surface area contributed by atoms with Gasteiger partial charge in [-0.3, -0.25) is 4.79 Å². The number of rotatable bonds is 8. The minimum Gasteiger partial charge on any atom is -0.366 e. The Bertz CT molecular complexity index is 355. The first-order chi connectivity index (χ1) is 8.24. The SMILES string of the molecule is CCSCCCNCc1cccc(C(N)=O)c1. The van der Waals surface area contributed by atoms with E-state index < -0.39 is 0 Å². The van der Waals surface area contributed by atoms with Crippen LogP contribution in [0.4, 0.5) is 0 Å². The number of nitrogens with one attached hydrogen (secondary N) is 1. The Morgan fingerprint density at radius 2 is 2.29 bits per heavy atom. The third kappa shape index (κ3) is 5.75. The van der Waals surface area contributed by atoms with Gasteiger partial charge in [0, 0.05) is 12.1 Å². The first kappa shape index (κ1) is 14.1. The Morgan fingerprint density at radius 1 is 1.47 bits per heavy atom. The molecule has 0 spiro atoms. The van der Waals surface area contributed by atoms with Crippen LogP contribution >= 0.6 is 11.8 Å². The maximum absolute atomic E-state index is 11.0. The fraction of sp³-hybridized carbons (Fsp3) is 0.462. The van der Waals surface area contributed by atoms with Crippen LogP contribution in [0.3, 0.4) is 0 Å². The van der Waals surface area contributed by atoms with Gasteiger partial charge in [0.05, 0.1) is 0 Å². The topological polar surface area (TPSA) is 55.1 Å². The van der Waals surface area contributed by atoms with Gasteiger partial charge in [-0.15, -0.1) is 0 Å². The van der Waals surface area contributed by atoms with Gasteiger partial charge in [0.2, 0.25) is 5.91 Å². The Labute approximate surface area is 107 Å². The average Bonchev–Trinajstić information content (AvgIpc) is 2.34. The van der Waals surface area contributed by atoms with Crippen LogP contribution in [0.25, 0.3) is 0 Å². The molecule has 1 aromatic carbocycles. The van der Waals surface area contributed by atoms with Gasteiger partial charge < -0.3 is 11.1 Å². The van der Waals surface area contributed by atoms with Crippen LogP contribution in [0.15, 0.2) is 24.3 Å². The predicted molar refractivity (Wildman–Crippen MR) is 74.3 cm³/mol. The lowest BCUT2D eigenvalue weighted by Crippen LogP contribution is -2.16. The Morgan fingerprint density at radius 3 is 3.00 bits per heavy atom. The fourth-order valence-electron chi connectivity index (χ4n) is 1.51. The zero-order valence-corrected chi connectivity index (χ0v) is 11.1. The summed E-state index contributed by atoms with van der Waals surface area (Å²) in [5.74, 6) is 2.01. The van der Waals surface area contributed by atoms with Gasteiger partial charge in [0.25, 0.3) is 0 Å². The van der Waals surface area contributed by atoms with Gasteiger partial charge >= 0.3 is 0 Å². The minimum absolute atomic E-state index is 0.369. The molecule has 0 fully saturated rings. The van der Waals surface area contributed by atoms with Gasteiger partial charge in [0.1, 0.15) is 0 Å². The summed E-state index contributed by atoms with van der Waals surface area (Å²) in [6.07, 6.45) is 1.17. The van der Waals surface area contributed by atoms with Crippen molar-refractivity contribution >= 4 is 17.7 Å². The van der Waals surface area contributed by atoms with Gasteiger partial charge in [0.15, 0.2) is 0 Å². The summed E-state index contributed by atoms with van der Waals surface area (Å²) in [5.41, 5.74) is 6.91. The van der Waals surface area contributed by atoms with Gasteiger partial charge in [-0.25, -0.2) is 0 Å². The second-order valence-corrected chi connectivity index (χ2v) is 5.19. The molecule has 3 N–H and O–H groups in total. The molecule has 1 rings (SSSR count). The quantitative estimate of drug-likeness (QED) is 0.696. The molecule has 0 unspecified atom stereocenters. The largest absolute Gasteiger partial charge is 0.366 e. The molecule has 0 atom stereocenters. The maximum Gasteiger partial charge on any atom is 0.248 e. The summed E-state index contributed by atoms with van der Waals surface area (Å²) in [6, 6.07) is 7.45. The third-order valence-corrected chi connectivity index (χ3v) is 3.37. The first-order valence-corrected chi connectivity index (χ1v) is 7.06. The number of carbonyl (C=O) groups is 1. The van der Waals surface area contributed by atoms with Crippen LogP contribution in [-0.2, 0) is 6.54 Å². The molecule has 0 aliphatic carbocycles. The van der Waals surface area contributed by atoms with Crippen molar-refractivity contribution in [2.45, 2.75) is 19.9 Å². The van der Waals surface area contributed by atoms with E-state index in [1.807, 2.05) is 30.0 Å². The van der Waals surface area contributed by atoms with Crippen LogP contribution in [0.1, 0.15) is 29.3 Å². The van der Waals surface area contributed by atoms with E-state index >= 15 is 0 Å². The Hall–Kier alpha value is -1.00. The summed E-state index contributed by atoms with van der Waals surface area (Å²) in [5, 5.41) is 3.36. The molecule has 0 radical (unpaired) electrons. The average molecular weight is 252 g/mol. The highest BCUT2D eigenvalue weighted by atomic mass is 32.2. The number of benzene rings is 1. The lowest BCUT2D eigenvalue weighted by atomic mass is 10.1. The fourth-order valence-corrected chi connectivity index (χ4v) is 2.15. The number of carbonyl (C=O) groups excluding carboxylic acids is 1. The molecule has 0 saturated heterocycles. The molecule has 3 nitrogen and oxygen atoms in total. The summed E-state index contributed by atoms with van der Waals surface area (Å²) >= 11 is 1.96. The van der Waals surface area contributed by atoms with Crippen LogP contribution in [-0.4, -0.2) is 24.0 Å². The molecule has 0 heterocycles. The van der Waals surface area contributed by atoms with Crippen molar-refractivity contribution < 1.29 is 4.79 Å². The van der Waals surface area contributed by atoms with E-state index in [1.165, 1.54) is 17.9 Å². The second-order valence-electron chi connectivity index (χ2n) is 3.79. The summed E-state index contributed by atoms with van der Waals surface area (Å²) < 4.78 is 0. The van der Waals surface area contributed by atoms with Crippen LogP contribution in [0.5, 0.6) is 0 Å². The number of hydrogen-bond acceptors (Lipinski definition) is 3. The number of hydrogen-bond donors (Lipinski definition) is 2. The molecular formula is C13H20N2OS. The van der Waals surface area contributed by atoms with Crippen LogP contribution in [0, 0.1) is 0 Å². The third-order valence-electron chi connectivity index (χ3n) is 2.39. The molecule has 1 amide bonds. The number of thioether (sulfide) groups is 1. The lowest BCUT2D eigenvalue weighted by Gasteiger charge is -2.05. The monoisotopic (exact) mass is 252 g/mol. The van der Waals surface area contributed by atoms with Crippen molar-refractivity contribution in [2.24, 2.45) is 5.73 Å². The van der Waals surface area contributed by atoms with E-state index in [9.17, 15) is 4.79 Å². The summed E-state index contributed by atoms with van der Waals surface area (Å²) in [6.45, 7) is 3.97. The summed E-state index contributed by atoms with van der Waals surface area (Å²) in [7, 11) is 0. The van der Waals surface area contributed by atoms with E-state index in [0.29, 0.717) is 5.56 Å². The molecule has 94 valence electrons. The van der Waals surface area contributed by atoms with Crippen molar-refractivity contribution in [3.05, 3.63) is 35.4 Å². The Balaban J connectivity index is 2.27. The maximum atomic E-state index is 11.0. The molecule has 0 aromatic heterocycles. The number of nitrogens with two attached hydrogens (primary N) is 1. The molecule has 0 aliphatic rings. The summed E-state index contributed by atoms with van der Waals surface area (Å²) in [4.78, 5) is 11.0. The predicted octanol–water partition coefficient (Wildman–Crippen LogP) is 2.02. The standard InChI is InChI=1S/C13H20N2OS/c1-2-17-8-4-7-15-10-11-5-3-6-12(9-11)13(14)16/h3,5-6,9,15H,2,4,7-8,10H2,1H3,(H2,14,16). The minimum atomic E-state index is -0.369. The van der Waals surface area contributed by atoms with Gasteiger partial charge in [-0.05, 0) is 42.2 Å². The molecule has 0 saturated carbocycles. The molecule has 17 heavy (non-hydrogen) atoms. The van der Waals surface area contributed by atoms with E-state index in [-0.39, 0.29) is 5.91 Å². The Kier molecular flexibility index (Phi) is 6.74. The van der Waals surface area contributed by atoms with Gasteiger partial charge in [-0.2, -0.15) is 11.8 Å². The molecule has 0 bridgehead atoms. The van der Waals surface area contributed by atoms with Crippen molar-refractivity contribution in [2.75, 3.05) is 18.1 Å². The molecule has 1 aromatic rings. The van der Waals surface area contributed by atoms with Crippen molar-refractivity contribution in [3.8, 4) is 0 Å². The van der Waals surface area contributed by atoms with E-state index in [4.69, 9.17) is 5.73 Å². The molecule has 0 aliphatic heterocycles. The lowest BCUT2D eigenvalue weighted by molar-refractivity contribution is 0.1000. The van der Waals surface area contributed by atoms with E-state index in [0.717, 1.165) is 18.7 Å². The molecular weight excluding hydrogens is 232 g/mol. The highest BCUT2D eigenvalue weighted by Gasteiger charge is 2.00. The number of primary amides is 1. The van der Waals surface area contributed by atoms with Crippen molar-refractivity contribution in [3.63, 3.8) is 0 Å². The zero-order chi connectivity index (χ0) is 12.5. The first-order valence-electron chi connectivity index (χ1n) is 5.91. The smallest absolute Gasteiger partial charge is 0.248 e. The normalized spacial score (nSPS) is 10.4. The molecule has 4 heteroatoms. The van der Waals surface area contributed by atoms with Gasteiger partial charge in [-0.1, -0.05) is 19.1 Å². The highest BCUT2D eigenvalue weighted by Crippen LogP contribution is 2.04. The highest BCUT2D eigenvalue weighted by molar-refractivity contribution is 7.99. The zero-order valence-electron chi connectivity index (χ0n) is 10.2. The van der Waals surface area contributed by atoms with E-state index in [2.05, 4.69) is 12.2 Å². The second kappa shape index (κ2) is 8.14. The van der Waals surface area contributed by atoms with Crippen molar-refractivity contribution in [1.82, 2.24) is 5.32 Å².